The lowest BCUT2D eigenvalue weighted by atomic mass is 10.1. The van der Waals surface area contributed by atoms with Crippen LogP contribution in [0.25, 0.3) is 0 Å². The summed E-state index contributed by atoms with van der Waals surface area (Å²) in [4.78, 5) is 4.49. The van der Waals surface area contributed by atoms with Crippen LogP contribution < -0.4 is 10.1 Å². The number of aromatic nitrogens is 1. The maximum Gasteiger partial charge on any atom is 0.214 e. The van der Waals surface area contributed by atoms with Gasteiger partial charge in [-0.25, -0.2) is 4.98 Å². The molecular formula is C14H24N2O. The molecule has 17 heavy (non-hydrogen) atoms. The van der Waals surface area contributed by atoms with Crippen LogP contribution in [0.5, 0.6) is 5.88 Å². The van der Waals surface area contributed by atoms with Crippen LogP contribution in [-0.4, -0.2) is 17.1 Å². The largest absolute Gasteiger partial charge is 0.472 e. The highest BCUT2D eigenvalue weighted by molar-refractivity contribution is 5.16. The van der Waals surface area contributed by atoms with E-state index in [1.807, 2.05) is 18.2 Å². The molecule has 1 aromatic rings. The van der Waals surface area contributed by atoms with Gasteiger partial charge >= 0.3 is 0 Å². The Labute approximate surface area is 105 Å². The van der Waals surface area contributed by atoms with Crippen LogP contribution in [0.4, 0.5) is 0 Å². The Morgan fingerprint density at radius 2 is 2.06 bits per heavy atom. The lowest BCUT2D eigenvalue weighted by Gasteiger charge is -2.24. The van der Waals surface area contributed by atoms with Crippen molar-refractivity contribution in [1.29, 1.82) is 0 Å². The third-order valence-electron chi connectivity index (χ3n) is 2.75. The summed E-state index contributed by atoms with van der Waals surface area (Å²) in [7, 11) is 0. The van der Waals surface area contributed by atoms with E-state index in [1.165, 1.54) is 0 Å². The fourth-order valence-electron chi connectivity index (χ4n) is 1.36. The Hall–Kier alpha value is -1.09. The molecule has 1 aromatic heterocycles. The van der Waals surface area contributed by atoms with Crippen molar-refractivity contribution in [2.75, 3.05) is 6.54 Å². The molecule has 0 aromatic carbocycles. The number of rotatable bonds is 7. The summed E-state index contributed by atoms with van der Waals surface area (Å²) in [5.74, 6) is 0.715. The normalized spacial score (nSPS) is 11.5. The van der Waals surface area contributed by atoms with Crippen LogP contribution in [0.15, 0.2) is 18.2 Å². The van der Waals surface area contributed by atoms with Gasteiger partial charge in [-0.1, -0.05) is 19.9 Å². The second-order valence-corrected chi connectivity index (χ2v) is 4.86. The molecule has 3 nitrogen and oxygen atoms in total. The Bertz CT molecular complexity index is 337. The van der Waals surface area contributed by atoms with Crippen molar-refractivity contribution in [3.05, 3.63) is 23.9 Å². The third-order valence-corrected chi connectivity index (χ3v) is 2.75. The number of pyridine rings is 1. The van der Waals surface area contributed by atoms with Crippen LogP contribution >= 0.6 is 0 Å². The first kappa shape index (κ1) is 14.0. The van der Waals surface area contributed by atoms with Gasteiger partial charge in [0.25, 0.3) is 0 Å². The summed E-state index contributed by atoms with van der Waals surface area (Å²) in [5, 5.41) is 3.34. The molecule has 0 atom stereocenters. The molecule has 0 aliphatic heterocycles. The predicted octanol–water partition coefficient (Wildman–Crippen LogP) is 3.15. The summed E-state index contributed by atoms with van der Waals surface area (Å²) < 4.78 is 5.86. The Morgan fingerprint density at radius 1 is 1.29 bits per heavy atom. The van der Waals surface area contributed by atoms with E-state index in [0.717, 1.165) is 31.6 Å². The molecular weight excluding hydrogens is 212 g/mol. The van der Waals surface area contributed by atoms with Crippen LogP contribution in [0.3, 0.4) is 0 Å². The molecule has 1 heterocycles. The van der Waals surface area contributed by atoms with Gasteiger partial charge < -0.3 is 10.1 Å². The molecule has 0 radical (unpaired) electrons. The molecule has 0 amide bonds. The minimum atomic E-state index is -0.150. The quantitative estimate of drug-likeness (QED) is 0.738. The molecule has 0 aliphatic carbocycles. The van der Waals surface area contributed by atoms with Crippen molar-refractivity contribution in [3.63, 3.8) is 0 Å². The van der Waals surface area contributed by atoms with Crippen molar-refractivity contribution < 1.29 is 4.74 Å². The third kappa shape index (κ3) is 5.18. The molecule has 0 aliphatic rings. The first-order valence-corrected chi connectivity index (χ1v) is 6.43. The van der Waals surface area contributed by atoms with Crippen molar-refractivity contribution in [3.8, 4) is 5.88 Å². The monoisotopic (exact) mass is 236 g/mol. The zero-order chi connectivity index (χ0) is 12.7. The second-order valence-electron chi connectivity index (χ2n) is 4.86. The van der Waals surface area contributed by atoms with Crippen molar-refractivity contribution in [1.82, 2.24) is 10.3 Å². The number of nitrogens with one attached hydrogen (secondary N) is 1. The lowest BCUT2D eigenvalue weighted by Crippen LogP contribution is -2.27. The van der Waals surface area contributed by atoms with E-state index in [4.69, 9.17) is 4.74 Å². The second kappa shape index (κ2) is 6.60. The molecule has 0 bridgehead atoms. The number of hydrogen-bond donors (Lipinski definition) is 1. The highest BCUT2D eigenvalue weighted by Crippen LogP contribution is 2.18. The van der Waals surface area contributed by atoms with E-state index in [9.17, 15) is 0 Å². The highest BCUT2D eigenvalue weighted by Gasteiger charge is 2.17. The average molecular weight is 236 g/mol. The first-order valence-electron chi connectivity index (χ1n) is 6.43. The minimum Gasteiger partial charge on any atom is -0.472 e. The number of ether oxygens (including phenoxy) is 1. The fraction of sp³-hybridized carbons (Fsp3) is 0.643. The molecule has 0 fully saturated rings. The Morgan fingerprint density at radius 3 is 2.71 bits per heavy atom. The maximum atomic E-state index is 5.86. The predicted molar refractivity (Wildman–Crippen MR) is 71.2 cm³/mol. The topological polar surface area (TPSA) is 34.1 Å². The lowest BCUT2D eigenvalue weighted by molar-refractivity contribution is 0.0987. The van der Waals surface area contributed by atoms with Gasteiger partial charge in [-0.05, 0) is 39.3 Å². The van der Waals surface area contributed by atoms with Gasteiger partial charge in [0.15, 0.2) is 0 Å². The summed E-state index contributed by atoms with van der Waals surface area (Å²) in [5.41, 5.74) is 0.880. The molecule has 0 saturated heterocycles. The number of nitrogens with zero attached hydrogens (tertiary/aromatic N) is 1. The van der Waals surface area contributed by atoms with E-state index in [2.05, 4.69) is 38.0 Å². The summed E-state index contributed by atoms with van der Waals surface area (Å²) in [6.07, 6.45) is 2.10. The van der Waals surface area contributed by atoms with Gasteiger partial charge in [0.2, 0.25) is 5.88 Å². The zero-order valence-corrected chi connectivity index (χ0v) is 11.4. The average Bonchev–Trinajstić information content (AvgIpc) is 2.29. The molecule has 1 rings (SSSR count). The van der Waals surface area contributed by atoms with Crippen molar-refractivity contribution in [2.45, 2.75) is 52.7 Å². The Kier molecular flexibility index (Phi) is 5.42. The molecule has 1 N–H and O–H groups in total. The van der Waals surface area contributed by atoms with E-state index >= 15 is 0 Å². The van der Waals surface area contributed by atoms with Gasteiger partial charge in [-0.15, -0.1) is 0 Å². The van der Waals surface area contributed by atoms with Crippen LogP contribution in [0.2, 0.25) is 0 Å². The van der Waals surface area contributed by atoms with Crippen molar-refractivity contribution in [2.24, 2.45) is 0 Å². The molecule has 0 saturated carbocycles. The summed E-state index contributed by atoms with van der Waals surface area (Å²) >= 11 is 0. The molecule has 96 valence electrons. The van der Waals surface area contributed by atoms with Gasteiger partial charge in [0, 0.05) is 12.6 Å². The molecule has 3 heteroatoms. The van der Waals surface area contributed by atoms with Crippen LogP contribution in [0.1, 0.15) is 46.2 Å². The smallest absolute Gasteiger partial charge is 0.214 e. The zero-order valence-electron chi connectivity index (χ0n) is 11.4. The molecule has 0 spiro atoms. The minimum absolute atomic E-state index is 0.150. The van der Waals surface area contributed by atoms with Gasteiger partial charge in [-0.3, -0.25) is 0 Å². The SMILES string of the molecule is CCCNCc1cccc(OC(C)(C)CC)n1. The molecule has 0 unspecified atom stereocenters. The van der Waals surface area contributed by atoms with Crippen molar-refractivity contribution >= 4 is 0 Å². The van der Waals surface area contributed by atoms with E-state index in [0.29, 0.717) is 5.88 Å². The van der Waals surface area contributed by atoms with Crippen LogP contribution in [-0.2, 0) is 6.54 Å². The van der Waals surface area contributed by atoms with E-state index in [-0.39, 0.29) is 5.60 Å². The van der Waals surface area contributed by atoms with E-state index < -0.39 is 0 Å². The first-order chi connectivity index (χ1) is 8.07. The summed E-state index contributed by atoms with van der Waals surface area (Å²) in [6.45, 7) is 10.3. The highest BCUT2D eigenvalue weighted by atomic mass is 16.5. The van der Waals surface area contributed by atoms with Gasteiger partial charge in [0.1, 0.15) is 5.60 Å². The van der Waals surface area contributed by atoms with Gasteiger partial charge in [-0.2, -0.15) is 0 Å². The Balaban J connectivity index is 2.59. The number of hydrogen-bond acceptors (Lipinski definition) is 3. The maximum absolute atomic E-state index is 5.86. The summed E-state index contributed by atoms with van der Waals surface area (Å²) in [6, 6.07) is 5.94. The van der Waals surface area contributed by atoms with E-state index in [1.54, 1.807) is 0 Å². The standard InChI is InChI=1S/C14H24N2O/c1-5-10-15-11-12-8-7-9-13(16-12)17-14(3,4)6-2/h7-9,15H,5-6,10-11H2,1-4H3. The fourth-order valence-corrected chi connectivity index (χ4v) is 1.36. The van der Waals surface area contributed by atoms with Crippen LogP contribution in [0, 0.1) is 0 Å². The van der Waals surface area contributed by atoms with Gasteiger partial charge in [0.05, 0.1) is 5.69 Å².